The Bertz CT molecular complexity index is 853. The SMILES string of the molecule is CCOc1cccc(CNC(=O)[C@@H](CC)N(c2ccccc2)S(C)(=O)=O)c1. The second-order valence-corrected chi connectivity index (χ2v) is 7.98. The van der Waals surface area contributed by atoms with E-state index in [1.807, 2.05) is 31.2 Å². The monoisotopic (exact) mass is 390 g/mol. The maximum Gasteiger partial charge on any atom is 0.244 e. The lowest BCUT2D eigenvalue weighted by Crippen LogP contribution is -2.49. The van der Waals surface area contributed by atoms with Crippen molar-refractivity contribution in [3.8, 4) is 5.75 Å². The molecule has 0 spiro atoms. The van der Waals surface area contributed by atoms with E-state index in [0.717, 1.165) is 17.6 Å². The number of anilines is 1. The Balaban J connectivity index is 2.17. The molecule has 146 valence electrons. The Morgan fingerprint density at radius 1 is 1.11 bits per heavy atom. The molecule has 0 aromatic heterocycles. The number of ether oxygens (including phenoxy) is 1. The Labute approximate surface area is 161 Å². The van der Waals surface area contributed by atoms with Gasteiger partial charge >= 0.3 is 0 Å². The van der Waals surface area contributed by atoms with Gasteiger partial charge in [-0.3, -0.25) is 9.10 Å². The summed E-state index contributed by atoms with van der Waals surface area (Å²) < 4.78 is 31.4. The number of rotatable bonds is 9. The second kappa shape index (κ2) is 9.41. The Hall–Kier alpha value is -2.54. The summed E-state index contributed by atoms with van der Waals surface area (Å²) in [4.78, 5) is 12.8. The van der Waals surface area contributed by atoms with E-state index in [2.05, 4.69) is 5.32 Å². The smallest absolute Gasteiger partial charge is 0.244 e. The highest BCUT2D eigenvalue weighted by Crippen LogP contribution is 2.22. The summed E-state index contributed by atoms with van der Waals surface area (Å²) in [5.74, 6) is 0.395. The fourth-order valence-electron chi connectivity index (χ4n) is 2.85. The van der Waals surface area contributed by atoms with Gasteiger partial charge < -0.3 is 10.1 Å². The number of nitrogens with zero attached hydrogens (tertiary/aromatic N) is 1. The standard InChI is InChI=1S/C20H26N2O4S/c1-4-19(22(27(3,24)25)17-11-7-6-8-12-17)20(23)21-15-16-10-9-13-18(14-16)26-5-2/h6-14,19H,4-5,15H2,1-3H3,(H,21,23)/t19-/m1/s1. The van der Waals surface area contributed by atoms with E-state index in [1.165, 1.54) is 4.31 Å². The number of nitrogens with one attached hydrogen (secondary N) is 1. The molecule has 0 aliphatic rings. The predicted octanol–water partition coefficient (Wildman–Crippen LogP) is 2.95. The van der Waals surface area contributed by atoms with Crippen LogP contribution in [0.2, 0.25) is 0 Å². The molecule has 0 aliphatic heterocycles. The Morgan fingerprint density at radius 3 is 2.41 bits per heavy atom. The van der Waals surface area contributed by atoms with Crippen molar-refractivity contribution < 1.29 is 17.9 Å². The van der Waals surface area contributed by atoms with Crippen LogP contribution in [0, 0.1) is 0 Å². The van der Waals surface area contributed by atoms with Gasteiger partial charge in [0.15, 0.2) is 0 Å². The molecule has 27 heavy (non-hydrogen) atoms. The van der Waals surface area contributed by atoms with Crippen LogP contribution in [0.4, 0.5) is 5.69 Å². The van der Waals surface area contributed by atoms with Gasteiger partial charge in [0, 0.05) is 6.54 Å². The second-order valence-electron chi connectivity index (χ2n) is 6.12. The molecule has 0 fully saturated rings. The summed E-state index contributed by atoms with van der Waals surface area (Å²) in [6.07, 6.45) is 1.47. The topological polar surface area (TPSA) is 75.7 Å². The molecular weight excluding hydrogens is 364 g/mol. The van der Waals surface area contributed by atoms with Gasteiger partial charge in [0.1, 0.15) is 11.8 Å². The molecule has 2 aromatic carbocycles. The summed E-state index contributed by atoms with van der Waals surface area (Å²) in [5.41, 5.74) is 1.36. The predicted molar refractivity (Wildman–Crippen MR) is 107 cm³/mol. The van der Waals surface area contributed by atoms with Gasteiger partial charge in [-0.1, -0.05) is 37.3 Å². The molecule has 1 N–H and O–H groups in total. The largest absolute Gasteiger partial charge is 0.494 e. The van der Waals surface area contributed by atoms with Gasteiger partial charge in [-0.15, -0.1) is 0 Å². The van der Waals surface area contributed by atoms with Crippen LogP contribution in [0.3, 0.4) is 0 Å². The van der Waals surface area contributed by atoms with Crippen LogP contribution in [0.15, 0.2) is 54.6 Å². The van der Waals surface area contributed by atoms with Crippen molar-refractivity contribution in [1.82, 2.24) is 5.32 Å². The first-order chi connectivity index (χ1) is 12.9. The van der Waals surface area contributed by atoms with E-state index >= 15 is 0 Å². The summed E-state index contributed by atoms with van der Waals surface area (Å²) in [6, 6.07) is 15.3. The zero-order valence-electron chi connectivity index (χ0n) is 15.9. The molecule has 0 aliphatic carbocycles. The van der Waals surface area contributed by atoms with Crippen molar-refractivity contribution >= 4 is 21.6 Å². The molecule has 0 unspecified atom stereocenters. The van der Waals surface area contributed by atoms with Crippen LogP contribution in [0.25, 0.3) is 0 Å². The minimum absolute atomic E-state index is 0.294. The number of benzene rings is 2. The third kappa shape index (κ3) is 5.72. The summed E-state index contributed by atoms with van der Waals surface area (Å²) in [7, 11) is -3.62. The maximum atomic E-state index is 12.8. The fourth-order valence-corrected chi connectivity index (χ4v) is 4.07. The number of hydrogen-bond acceptors (Lipinski definition) is 4. The van der Waals surface area contributed by atoms with E-state index in [-0.39, 0.29) is 5.91 Å². The Morgan fingerprint density at radius 2 is 1.81 bits per heavy atom. The van der Waals surface area contributed by atoms with Gasteiger partial charge in [-0.05, 0) is 43.2 Å². The van der Waals surface area contributed by atoms with Crippen molar-refractivity contribution in [3.63, 3.8) is 0 Å². The van der Waals surface area contributed by atoms with Crippen LogP contribution in [-0.2, 0) is 21.4 Å². The first-order valence-corrected chi connectivity index (χ1v) is 10.8. The zero-order chi connectivity index (χ0) is 19.9. The number of sulfonamides is 1. The maximum absolute atomic E-state index is 12.8. The van der Waals surface area contributed by atoms with Gasteiger partial charge in [0.05, 0.1) is 18.6 Å². The van der Waals surface area contributed by atoms with Crippen LogP contribution >= 0.6 is 0 Å². The zero-order valence-corrected chi connectivity index (χ0v) is 16.7. The van der Waals surface area contributed by atoms with Crippen molar-refractivity contribution in [2.24, 2.45) is 0 Å². The molecule has 1 amide bonds. The number of carbonyl (C=O) groups excluding carboxylic acids is 1. The van der Waals surface area contributed by atoms with E-state index in [4.69, 9.17) is 4.74 Å². The average Bonchev–Trinajstić information content (AvgIpc) is 2.64. The number of para-hydroxylation sites is 1. The summed E-state index contributed by atoms with van der Waals surface area (Å²) >= 11 is 0. The van der Waals surface area contributed by atoms with Crippen LogP contribution in [0.5, 0.6) is 5.75 Å². The van der Waals surface area contributed by atoms with Crippen LogP contribution in [0.1, 0.15) is 25.8 Å². The third-order valence-corrected chi connectivity index (χ3v) is 5.20. The number of carbonyl (C=O) groups is 1. The van der Waals surface area contributed by atoms with E-state index < -0.39 is 16.1 Å². The van der Waals surface area contributed by atoms with Gasteiger partial charge in [-0.2, -0.15) is 0 Å². The highest BCUT2D eigenvalue weighted by Gasteiger charge is 2.31. The Kier molecular flexibility index (Phi) is 7.24. The normalized spacial score (nSPS) is 12.3. The lowest BCUT2D eigenvalue weighted by molar-refractivity contribution is -0.122. The molecule has 1 atom stereocenters. The fraction of sp³-hybridized carbons (Fsp3) is 0.350. The van der Waals surface area contributed by atoms with Gasteiger partial charge in [0.2, 0.25) is 15.9 Å². The molecule has 0 radical (unpaired) electrons. The lowest BCUT2D eigenvalue weighted by atomic mass is 10.1. The van der Waals surface area contributed by atoms with Gasteiger partial charge in [-0.25, -0.2) is 8.42 Å². The highest BCUT2D eigenvalue weighted by atomic mass is 32.2. The lowest BCUT2D eigenvalue weighted by Gasteiger charge is -2.30. The van der Waals surface area contributed by atoms with Crippen molar-refractivity contribution in [2.75, 3.05) is 17.2 Å². The molecule has 0 heterocycles. The van der Waals surface area contributed by atoms with E-state index in [1.54, 1.807) is 37.3 Å². The number of amides is 1. The summed E-state index contributed by atoms with van der Waals surface area (Å²) in [5, 5.41) is 2.84. The first-order valence-electron chi connectivity index (χ1n) is 8.90. The summed E-state index contributed by atoms with van der Waals surface area (Å²) in [6.45, 7) is 4.56. The minimum Gasteiger partial charge on any atom is -0.494 e. The van der Waals surface area contributed by atoms with Crippen LogP contribution < -0.4 is 14.4 Å². The quantitative estimate of drug-likeness (QED) is 0.714. The van der Waals surface area contributed by atoms with Gasteiger partial charge in [0.25, 0.3) is 0 Å². The van der Waals surface area contributed by atoms with Crippen molar-refractivity contribution in [2.45, 2.75) is 32.9 Å². The van der Waals surface area contributed by atoms with Crippen molar-refractivity contribution in [3.05, 3.63) is 60.2 Å². The molecule has 0 saturated carbocycles. The van der Waals surface area contributed by atoms with E-state index in [9.17, 15) is 13.2 Å². The highest BCUT2D eigenvalue weighted by molar-refractivity contribution is 7.92. The molecule has 7 heteroatoms. The molecule has 0 saturated heterocycles. The number of hydrogen-bond donors (Lipinski definition) is 1. The van der Waals surface area contributed by atoms with Crippen LogP contribution in [-0.4, -0.2) is 33.2 Å². The average molecular weight is 391 g/mol. The first kappa shape index (κ1) is 20.8. The minimum atomic E-state index is -3.62. The molecule has 0 bridgehead atoms. The molecular formula is C20H26N2O4S. The third-order valence-electron chi connectivity index (χ3n) is 4.02. The molecule has 6 nitrogen and oxygen atoms in total. The molecule has 2 aromatic rings. The molecule has 2 rings (SSSR count). The van der Waals surface area contributed by atoms with E-state index in [0.29, 0.717) is 25.3 Å². The van der Waals surface area contributed by atoms with Crippen molar-refractivity contribution in [1.29, 1.82) is 0 Å².